The number of phosphoric acid groups is 1. The van der Waals surface area contributed by atoms with Gasteiger partial charge in [-0.15, -0.1) is 11.6 Å². The lowest BCUT2D eigenvalue weighted by Gasteiger charge is -2.18. The standard InChI is InChI=1S/C14H11Cl2O5P/c15-10-14(17)21-22(18,19-11-6-2-1-3-7-11)20-13-9-5-4-8-12(13)16/h1-9H,10H2. The predicted molar refractivity (Wildman–Crippen MR) is 83.6 cm³/mol. The van der Waals surface area contributed by atoms with Crippen molar-refractivity contribution < 1.29 is 22.9 Å². The highest BCUT2D eigenvalue weighted by molar-refractivity contribution is 7.50. The molecule has 0 saturated heterocycles. The zero-order valence-electron chi connectivity index (χ0n) is 11.1. The quantitative estimate of drug-likeness (QED) is 0.552. The molecule has 0 N–H and O–H groups in total. The van der Waals surface area contributed by atoms with Crippen molar-refractivity contribution in [1.82, 2.24) is 0 Å². The predicted octanol–water partition coefficient (Wildman–Crippen LogP) is 4.69. The van der Waals surface area contributed by atoms with E-state index in [1.807, 2.05) is 0 Å². The van der Waals surface area contributed by atoms with Crippen LogP contribution in [0.4, 0.5) is 0 Å². The number of hydrogen-bond donors (Lipinski definition) is 0. The zero-order valence-corrected chi connectivity index (χ0v) is 13.6. The van der Waals surface area contributed by atoms with Gasteiger partial charge in [-0.05, 0) is 24.3 Å². The van der Waals surface area contributed by atoms with Crippen LogP contribution in [0.2, 0.25) is 5.02 Å². The van der Waals surface area contributed by atoms with Crippen molar-refractivity contribution in [2.24, 2.45) is 0 Å². The first-order chi connectivity index (χ1) is 10.5. The van der Waals surface area contributed by atoms with Gasteiger partial charge in [-0.25, -0.2) is 0 Å². The minimum Gasteiger partial charge on any atom is -0.386 e. The summed E-state index contributed by atoms with van der Waals surface area (Å²) >= 11 is 11.3. The molecule has 0 amide bonds. The topological polar surface area (TPSA) is 61.8 Å². The molecule has 0 spiro atoms. The summed E-state index contributed by atoms with van der Waals surface area (Å²) in [7, 11) is -4.28. The highest BCUT2D eigenvalue weighted by Crippen LogP contribution is 2.51. The summed E-state index contributed by atoms with van der Waals surface area (Å²) < 4.78 is 27.8. The highest BCUT2D eigenvalue weighted by atomic mass is 35.5. The van der Waals surface area contributed by atoms with Crippen LogP contribution in [0.15, 0.2) is 54.6 Å². The van der Waals surface area contributed by atoms with E-state index in [1.54, 1.807) is 30.3 Å². The van der Waals surface area contributed by atoms with Crippen molar-refractivity contribution in [1.29, 1.82) is 0 Å². The number of rotatable bonds is 6. The molecule has 0 aliphatic rings. The number of phosphoric ester groups is 1. The van der Waals surface area contributed by atoms with E-state index in [1.165, 1.54) is 24.3 Å². The van der Waals surface area contributed by atoms with E-state index in [4.69, 9.17) is 36.8 Å². The molecule has 0 aliphatic heterocycles. The summed E-state index contributed by atoms with van der Waals surface area (Å²) in [6, 6.07) is 14.5. The average molecular weight is 361 g/mol. The molecule has 2 aromatic rings. The van der Waals surface area contributed by atoms with Gasteiger partial charge in [-0.2, -0.15) is 4.57 Å². The number of para-hydroxylation sites is 2. The highest BCUT2D eigenvalue weighted by Gasteiger charge is 2.35. The number of carbonyl (C=O) groups excluding carboxylic acids is 1. The molecule has 0 bridgehead atoms. The van der Waals surface area contributed by atoms with Gasteiger partial charge in [-0.3, -0.25) is 4.79 Å². The van der Waals surface area contributed by atoms with Gasteiger partial charge >= 0.3 is 13.8 Å². The molecule has 1 unspecified atom stereocenters. The normalized spacial score (nSPS) is 13.0. The summed E-state index contributed by atoms with van der Waals surface area (Å²) in [6.45, 7) is 0. The van der Waals surface area contributed by atoms with Gasteiger partial charge in [0.2, 0.25) is 0 Å². The molecule has 0 saturated carbocycles. The molecule has 2 rings (SSSR count). The molecule has 5 nitrogen and oxygen atoms in total. The van der Waals surface area contributed by atoms with Crippen LogP contribution >= 0.6 is 31.0 Å². The Morgan fingerprint density at radius 3 is 2.27 bits per heavy atom. The Balaban J connectivity index is 2.27. The van der Waals surface area contributed by atoms with E-state index < -0.39 is 19.7 Å². The summed E-state index contributed by atoms with van der Waals surface area (Å²) in [4.78, 5) is 11.4. The molecule has 1 atom stereocenters. The smallest absolute Gasteiger partial charge is 0.386 e. The molecule has 0 heterocycles. The summed E-state index contributed by atoms with van der Waals surface area (Å²) in [5, 5.41) is 0.196. The van der Waals surface area contributed by atoms with Crippen LogP contribution < -0.4 is 9.05 Å². The van der Waals surface area contributed by atoms with Crippen molar-refractivity contribution in [2.45, 2.75) is 0 Å². The Kier molecular flexibility index (Phi) is 5.72. The zero-order chi connectivity index (χ0) is 16.0. The van der Waals surface area contributed by atoms with Gasteiger partial charge in [0.25, 0.3) is 0 Å². The second kappa shape index (κ2) is 7.54. The molecule has 2 aromatic carbocycles. The van der Waals surface area contributed by atoms with E-state index in [9.17, 15) is 9.36 Å². The SMILES string of the molecule is O=C(CCl)OP(=O)(Oc1ccccc1)Oc1ccccc1Cl. The van der Waals surface area contributed by atoms with E-state index in [2.05, 4.69) is 0 Å². The van der Waals surface area contributed by atoms with Crippen LogP contribution in [-0.4, -0.2) is 11.8 Å². The van der Waals surface area contributed by atoms with Crippen LogP contribution in [0.3, 0.4) is 0 Å². The lowest BCUT2D eigenvalue weighted by Crippen LogP contribution is -2.11. The van der Waals surface area contributed by atoms with E-state index in [-0.39, 0.29) is 16.5 Å². The Morgan fingerprint density at radius 2 is 1.64 bits per heavy atom. The Labute approximate surface area is 137 Å². The van der Waals surface area contributed by atoms with Gasteiger partial charge in [0.15, 0.2) is 5.75 Å². The molecule has 0 aliphatic carbocycles. The molecule has 8 heteroatoms. The first-order valence-corrected chi connectivity index (χ1v) is 8.47. The lowest BCUT2D eigenvalue weighted by molar-refractivity contribution is -0.132. The minimum atomic E-state index is -4.28. The third-order valence-electron chi connectivity index (χ3n) is 2.33. The van der Waals surface area contributed by atoms with Gasteiger partial charge in [0, 0.05) is 0 Å². The number of hydrogen-bond acceptors (Lipinski definition) is 5. The third-order valence-corrected chi connectivity index (χ3v) is 4.14. The maximum atomic E-state index is 12.7. The van der Waals surface area contributed by atoms with E-state index in [0.717, 1.165) is 0 Å². The summed E-state index contributed by atoms with van der Waals surface area (Å²) in [6.07, 6.45) is 0. The molecule has 22 heavy (non-hydrogen) atoms. The fourth-order valence-corrected chi connectivity index (χ4v) is 3.02. The van der Waals surface area contributed by atoms with Crippen LogP contribution in [0.5, 0.6) is 11.5 Å². The van der Waals surface area contributed by atoms with Gasteiger partial charge in [0.1, 0.15) is 11.6 Å². The second-order valence-electron chi connectivity index (χ2n) is 3.97. The summed E-state index contributed by atoms with van der Waals surface area (Å²) in [5.74, 6) is -1.16. The van der Waals surface area contributed by atoms with Crippen molar-refractivity contribution in [2.75, 3.05) is 5.88 Å². The van der Waals surface area contributed by atoms with Crippen LogP contribution in [0.1, 0.15) is 0 Å². The monoisotopic (exact) mass is 360 g/mol. The molecule has 0 fully saturated rings. The molecule has 0 radical (unpaired) electrons. The van der Waals surface area contributed by atoms with Crippen molar-refractivity contribution in [3.8, 4) is 11.5 Å². The van der Waals surface area contributed by atoms with Crippen molar-refractivity contribution >= 4 is 37.0 Å². The molecular weight excluding hydrogens is 350 g/mol. The second-order valence-corrected chi connectivity index (χ2v) is 6.09. The van der Waals surface area contributed by atoms with E-state index >= 15 is 0 Å². The number of halogens is 2. The summed E-state index contributed by atoms with van der Waals surface area (Å²) in [5.41, 5.74) is 0. The van der Waals surface area contributed by atoms with Crippen molar-refractivity contribution in [3.63, 3.8) is 0 Å². The van der Waals surface area contributed by atoms with Crippen LogP contribution in [0, 0.1) is 0 Å². The van der Waals surface area contributed by atoms with Crippen LogP contribution in [0.25, 0.3) is 0 Å². The van der Waals surface area contributed by atoms with Gasteiger partial charge in [0.05, 0.1) is 5.02 Å². The third kappa shape index (κ3) is 4.67. The number of carbonyl (C=O) groups is 1. The van der Waals surface area contributed by atoms with Crippen LogP contribution in [-0.2, 0) is 13.9 Å². The maximum absolute atomic E-state index is 12.7. The molecule has 116 valence electrons. The van der Waals surface area contributed by atoms with Crippen molar-refractivity contribution in [3.05, 3.63) is 59.6 Å². The minimum absolute atomic E-state index is 0.0609. The fraction of sp³-hybridized carbons (Fsp3) is 0.0714. The van der Waals surface area contributed by atoms with Gasteiger partial charge < -0.3 is 13.6 Å². The van der Waals surface area contributed by atoms with E-state index in [0.29, 0.717) is 0 Å². The lowest BCUT2D eigenvalue weighted by atomic mass is 10.3. The molecular formula is C14H11Cl2O5P. The fourth-order valence-electron chi connectivity index (χ4n) is 1.45. The number of alkyl halides is 1. The maximum Gasteiger partial charge on any atom is 0.649 e. The Hall–Kier alpha value is -1.68. The largest absolute Gasteiger partial charge is 0.649 e. The Morgan fingerprint density at radius 1 is 1.00 bits per heavy atom. The molecule has 0 aromatic heterocycles. The first-order valence-electron chi connectivity index (χ1n) is 6.09. The Bertz CT molecular complexity index is 693. The van der Waals surface area contributed by atoms with Gasteiger partial charge in [-0.1, -0.05) is 41.9 Å². The average Bonchev–Trinajstić information content (AvgIpc) is 2.50. The number of benzene rings is 2. The first kappa shape index (κ1) is 16.7.